The van der Waals surface area contributed by atoms with Gasteiger partial charge in [0.2, 0.25) is 0 Å². The van der Waals surface area contributed by atoms with Crippen LogP contribution in [-0.2, 0) is 0 Å². The lowest BCUT2D eigenvalue weighted by molar-refractivity contribution is 0.627. The summed E-state index contributed by atoms with van der Waals surface area (Å²) >= 11 is 5.97. The van der Waals surface area contributed by atoms with Gasteiger partial charge in [-0.15, -0.1) is 0 Å². The second-order valence-corrected chi connectivity index (χ2v) is 6.50. The molecule has 0 bridgehead atoms. The van der Waals surface area contributed by atoms with Crippen molar-refractivity contribution in [2.24, 2.45) is 10.1 Å². The number of nitrogens with one attached hydrogen (secondary N) is 1. The van der Waals surface area contributed by atoms with E-state index in [-0.39, 0.29) is 5.82 Å². The quantitative estimate of drug-likeness (QED) is 0.665. The van der Waals surface area contributed by atoms with Crippen LogP contribution in [0.3, 0.4) is 0 Å². The third kappa shape index (κ3) is 3.24. The van der Waals surface area contributed by atoms with Gasteiger partial charge in [-0.1, -0.05) is 41.4 Å². The lowest BCUT2D eigenvalue weighted by Crippen LogP contribution is -2.19. The van der Waals surface area contributed by atoms with Crippen molar-refractivity contribution < 1.29 is 4.39 Å². The third-order valence-electron chi connectivity index (χ3n) is 4.16. The number of rotatable bonds is 2. The van der Waals surface area contributed by atoms with E-state index in [1.165, 1.54) is 12.1 Å². The first-order chi connectivity index (χ1) is 12.6. The molecule has 128 valence electrons. The largest absolute Gasteiger partial charge is 0.260 e. The Bertz CT molecular complexity index is 1020. The minimum absolute atomic E-state index is 0.325. The van der Waals surface area contributed by atoms with Gasteiger partial charge >= 0.3 is 0 Å². The van der Waals surface area contributed by atoms with E-state index in [1.807, 2.05) is 43.3 Å². The van der Waals surface area contributed by atoms with Gasteiger partial charge in [-0.05, 0) is 49.4 Å². The normalized spacial score (nSPS) is 13.2. The zero-order valence-corrected chi connectivity index (χ0v) is 14.8. The van der Waals surface area contributed by atoms with E-state index in [4.69, 9.17) is 11.6 Å². The number of hydrazone groups is 1. The van der Waals surface area contributed by atoms with E-state index in [0.29, 0.717) is 27.8 Å². The van der Waals surface area contributed by atoms with Crippen molar-refractivity contribution in [3.05, 3.63) is 99.8 Å². The lowest BCUT2D eigenvalue weighted by Gasteiger charge is -2.08. The summed E-state index contributed by atoms with van der Waals surface area (Å²) in [5.41, 5.74) is 7.85. The van der Waals surface area contributed by atoms with Gasteiger partial charge in [0.1, 0.15) is 11.5 Å². The van der Waals surface area contributed by atoms with Crippen molar-refractivity contribution in [1.29, 1.82) is 0 Å². The maximum Gasteiger partial charge on any atom is 0.154 e. The molecule has 3 nitrogen and oxygen atoms in total. The molecule has 3 aromatic rings. The van der Waals surface area contributed by atoms with Crippen LogP contribution in [0.25, 0.3) is 0 Å². The summed E-state index contributed by atoms with van der Waals surface area (Å²) < 4.78 is 13.9. The Morgan fingerprint density at radius 2 is 1.58 bits per heavy atom. The molecule has 0 saturated carbocycles. The van der Waals surface area contributed by atoms with E-state index in [9.17, 15) is 4.39 Å². The van der Waals surface area contributed by atoms with Crippen LogP contribution < -0.4 is 5.43 Å². The summed E-state index contributed by atoms with van der Waals surface area (Å²) in [5.74, 6) is 0.255. The highest BCUT2D eigenvalue weighted by Gasteiger charge is 2.18. The molecule has 5 heteroatoms. The van der Waals surface area contributed by atoms with Gasteiger partial charge in [-0.2, -0.15) is 5.10 Å². The van der Waals surface area contributed by atoms with Crippen molar-refractivity contribution in [3.63, 3.8) is 0 Å². The molecule has 1 N–H and O–H groups in total. The molecule has 0 unspecified atom stereocenters. The van der Waals surface area contributed by atoms with E-state index in [2.05, 4.69) is 15.5 Å². The van der Waals surface area contributed by atoms with E-state index in [0.717, 1.165) is 16.7 Å². The zero-order valence-electron chi connectivity index (χ0n) is 14.0. The van der Waals surface area contributed by atoms with Crippen LogP contribution in [0.4, 0.5) is 10.1 Å². The average molecular weight is 364 g/mol. The molecular formula is C21H15ClFN3. The molecule has 0 saturated heterocycles. The number of aliphatic imine (C=N–C) groups is 1. The summed E-state index contributed by atoms with van der Waals surface area (Å²) in [6.45, 7) is 2.02. The Labute approximate surface area is 155 Å². The molecule has 0 aliphatic carbocycles. The topological polar surface area (TPSA) is 36.8 Å². The van der Waals surface area contributed by atoms with Gasteiger partial charge in [0, 0.05) is 21.7 Å². The molecule has 0 aromatic heterocycles. The molecule has 4 rings (SSSR count). The third-order valence-corrected chi connectivity index (χ3v) is 4.41. The maximum absolute atomic E-state index is 13.9. The summed E-state index contributed by atoms with van der Waals surface area (Å²) in [6.07, 6.45) is 0. The molecule has 26 heavy (non-hydrogen) atoms. The molecular weight excluding hydrogens is 349 g/mol. The lowest BCUT2D eigenvalue weighted by atomic mass is 10.00. The highest BCUT2D eigenvalue weighted by molar-refractivity contribution is 6.30. The fourth-order valence-electron chi connectivity index (χ4n) is 2.78. The van der Waals surface area contributed by atoms with E-state index in [1.54, 1.807) is 18.2 Å². The van der Waals surface area contributed by atoms with Gasteiger partial charge in [0.25, 0.3) is 0 Å². The first-order valence-electron chi connectivity index (χ1n) is 8.15. The van der Waals surface area contributed by atoms with Crippen LogP contribution in [0, 0.1) is 12.7 Å². The zero-order chi connectivity index (χ0) is 18.1. The molecule has 1 heterocycles. The number of hydrogen-bond donors (Lipinski definition) is 1. The number of fused-ring (bicyclic) bond motifs is 1. The molecule has 0 amide bonds. The van der Waals surface area contributed by atoms with Crippen LogP contribution in [0.15, 0.2) is 76.8 Å². The van der Waals surface area contributed by atoms with Crippen LogP contribution in [0.1, 0.15) is 22.3 Å². The summed E-state index contributed by atoms with van der Waals surface area (Å²) in [5, 5.41) is 5.17. The summed E-state index contributed by atoms with van der Waals surface area (Å²) in [4.78, 5) is 4.65. The Morgan fingerprint density at radius 3 is 2.31 bits per heavy atom. The number of benzene rings is 3. The first kappa shape index (κ1) is 16.5. The number of aryl methyl sites for hydroxylation is 1. The monoisotopic (exact) mass is 363 g/mol. The predicted molar refractivity (Wildman–Crippen MR) is 104 cm³/mol. The fraction of sp³-hybridized carbons (Fsp3) is 0.0476. The van der Waals surface area contributed by atoms with Crippen molar-refractivity contribution in [3.8, 4) is 0 Å². The van der Waals surface area contributed by atoms with Crippen LogP contribution in [0.2, 0.25) is 5.02 Å². The Balaban J connectivity index is 1.85. The smallest absolute Gasteiger partial charge is 0.154 e. The van der Waals surface area contributed by atoms with Crippen molar-refractivity contribution in [2.75, 3.05) is 0 Å². The SMILES string of the molecule is Cc1ccc(C2=NNC(c3ccc(Cl)cc3)=Nc3ccc(F)cc32)cc1. The number of nitrogens with zero attached hydrogens (tertiary/aromatic N) is 2. The predicted octanol–water partition coefficient (Wildman–Crippen LogP) is 5.22. The maximum atomic E-state index is 13.9. The standard InChI is InChI=1S/C21H15ClFN3/c1-13-2-4-14(5-3-13)20-18-12-17(23)10-11-19(18)24-21(26-25-20)15-6-8-16(22)9-7-15/h2-12H,1H3,(H,24,26). The van der Waals surface area contributed by atoms with Crippen LogP contribution >= 0.6 is 11.6 Å². The van der Waals surface area contributed by atoms with Crippen LogP contribution in [-0.4, -0.2) is 11.5 Å². The Morgan fingerprint density at radius 1 is 0.885 bits per heavy atom. The Hall–Kier alpha value is -2.98. The fourth-order valence-corrected chi connectivity index (χ4v) is 2.90. The van der Waals surface area contributed by atoms with Gasteiger partial charge in [0.15, 0.2) is 5.84 Å². The number of hydrogen-bond acceptors (Lipinski definition) is 3. The number of halogens is 2. The average Bonchev–Trinajstić information content (AvgIpc) is 2.83. The highest BCUT2D eigenvalue weighted by atomic mass is 35.5. The molecule has 0 spiro atoms. The van der Waals surface area contributed by atoms with Crippen LogP contribution in [0.5, 0.6) is 0 Å². The van der Waals surface area contributed by atoms with Crippen molar-refractivity contribution >= 4 is 28.8 Å². The first-order valence-corrected chi connectivity index (χ1v) is 8.53. The molecule has 0 fully saturated rings. The molecule has 1 aliphatic heterocycles. The number of amidine groups is 1. The summed E-state index contributed by atoms with van der Waals surface area (Å²) in [6, 6.07) is 19.8. The van der Waals surface area contributed by atoms with E-state index < -0.39 is 0 Å². The second-order valence-electron chi connectivity index (χ2n) is 6.07. The van der Waals surface area contributed by atoms with Gasteiger partial charge in [0.05, 0.1) is 5.69 Å². The van der Waals surface area contributed by atoms with Gasteiger partial charge < -0.3 is 0 Å². The molecule has 0 atom stereocenters. The van der Waals surface area contributed by atoms with Gasteiger partial charge in [-0.25, -0.2) is 9.38 Å². The molecule has 3 aromatic carbocycles. The minimum atomic E-state index is -0.325. The van der Waals surface area contributed by atoms with Crippen molar-refractivity contribution in [1.82, 2.24) is 5.43 Å². The van der Waals surface area contributed by atoms with Gasteiger partial charge in [-0.3, -0.25) is 5.43 Å². The molecule has 0 radical (unpaired) electrons. The highest BCUT2D eigenvalue weighted by Crippen LogP contribution is 2.27. The van der Waals surface area contributed by atoms with Crippen molar-refractivity contribution in [2.45, 2.75) is 6.92 Å². The summed E-state index contributed by atoms with van der Waals surface area (Å²) in [7, 11) is 0. The minimum Gasteiger partial charge on any atom is -0.260 e. The Kier molecular flexibility index (Phi) is 4.27. The molecule has 1 aliphatic rings. The van der Waals surface area contributed by atoms with E-state index >= 15 is 0 Å². The second kappa shape index (κ2) is 6.73.